The van der Waals surface area contributed by atoms with E-state index < -0.39 is 54.1 Å². The van der Waals surface area contributed by atoms with Crippen LogP contribution in [0, 0.1) is 13.0 Å². The van der Waals surface area contributed by atoms with E-state index in [0.29, 0.717) is 0 Å². The number of hydrogen-bond donors (Lipinski definition) is 0. The van der Waals surface area contributed by atoms with Crippen molar-refractivity contribution in [3.8, 4) is 17.1 Å². The van der Waals surface area contributed by atoms with Crippen molar-refractivity contribution < 1.29 is 79.0 Å². The van der Waals surface area contributed by atoms with Crippen LogP contribution < -0.4 is 0 Å². The topological polar surface area (TPSA) is 29.6 Å². The van der Waals surface area contributed by atoms with E-state index in [2.05, 4.69) is 46.7 Å². The zero-order valence-electron chi connectivity index (χ0n) is 35.1. The van der Waals surface area contributed by atoms with Crippen molar-refractivity contribution in [2.75, 3.05) is 0 Å². The van der Waals surface area contributed by atoms with Crippen LogP contribution in [0.4, 0.5) is 79.0 Å². The van der Waals surface area contributed by atoms with Gasteiger partial charge in [-0.15, -0.1) is 0 Å². The zero-order chi connectivity index (χ0) is 53.1. The van der Waals surface area contributed by atoms with Gasteiger partial charge in [0.1, 0.15) is 0 Å². The molecule has 6 nitrogen and oxygen atoms in total. The van der Waals surface area contributed by atoms with Crippen LogP contribution in [0.2, 0.25) is 0 Å². The summed E-state index contributed by atoms with van der Waals surface area (Å²) < 4.78 is 237. The quantitative estimate of drug-likeness (QED) is 0.125. The molecule has 0 N–H and O–H groups in total. The molecule has 9 rings (SSSR count). The van der Waals surface area contributed by atoms with E-state index in [0.717, 1.165) is 72.8 Å². The third-order valence-electron chi connectivity index (χ3n) is 10.4. The second-order valence-corrected chi connectivity index (χ2v) is 17.2. The van der Waals surface area contributed by atoms with Crippen LogP contribution in [-0.4, -0.2) is 74.1 Å². The van der Waals surface area contributed by atoms with Crippen molar-refractivity contribution in [2.45, 2.75) is 37.4 Å². The molecule has 0 amide bonds. The van der Waals surface area contributed by atoms with Crippen LogP contribution >= 0.6 is 0 Å². The summed E-state index contributed by atoms with van der Waals surface area (Å²) in [6, 6.07) is 29.2. The first-order valence-corrected chi connectivity index (χ1v) is 22.3. The first-order chi connectivity index (χ1) is 33.3. The van der Waals surface area contributed by atoms with Crippen LogP contribution in [0.3, 0.4) is 0 Å². The van der Waals surface area contributed by atoms with Gasteiger partial charge in [0.25, 0.3) is 0 Å². The Morgan fingerprint density at radius 2 is 0.431 bits per heavy atom. The molecule has 72 heavy (non-hydrogen) atoms. The van der Waals surface area contributed by atoms with Crippen molar-refractivity contribution in [3.63, 3.8) is 0 Å². The van der Waals surface area contributed by atoms with E-state index in [4.69, 9.17) is 0 Å². The third kappa shape index (κ3) is 10.9. The monoisotopic (exact) mass is 1230 g/mol. The van der Waals surface area contributed by atoms with Gasteiger partial charge in [-0.25, -0.2) is 0 Å². The van der Waals surface area contributed by atoms with Gasteiger partial charge in [-0.3, -0.25) is 0 Å². The van der Waals surface area contributed by atoms with E-state index in [9.17, 15) is 79.0 Å². The molecule has 0 atom stereocenters. The van der Waals surface area contributed by atoms with Crippen LogP contribution in [0.1, 0.15) is 16.7 Å². The average Bonchev–Trinajstić information content (AvgIpc) is 3.88. The summed E-state index contributed by atoms with van der Waals surface area (Å²) in [5.74, 6) is 0. The van der Waals surface area contributed by atoms with Gasteiger partial charge < -0.3 is 0 Å². The molecule has 3 heterocycles. The summed E-state index contributed by atoms with van der Waals surface area (Å²) in [7, 11) is 0. The minimum absolute atomic E-state index is 0.0985. The Morgan fingerprint density at radius 3 is 0.597 bits per heavy atom. The van der Waals surface area contributed by atoms with E-state index in [1.807, 2.05) is 0 Å². The standard InChI is InChI=1S/3C15H8F6N2Se/c3*16-14(17,18)9-5-7-10(8-6-9)22-11-3-1-2-4-12(11)23(13(22)24)15(19,20)21/h3*1-8H. The van der Waals surface area contributed by atoms with Gasteiger partial charge in [-0.1, -0.05) is 0 Å². The Bertz CT molecular complexity index is 3220. The molecular formula is C45H24F18N6Se3. The van der Waals surface area contributed by atoms with Gasteiger partial charge in [0.05, 0.1) is 0 Å². The summed E-state index contributed by atoms with van der Waals surface area (Å²) >= 11 is 7.09. The van der Waals surface area contributed by atoms with Crippen LogP contribution in [-0.2, 0) is 37.4 Å². The molecule has 27 heteroatoms. The number of rotatable bonds is 3. The van der Waals surface area contributed by atoms with Crippen molar-refractivity contribution in [1.82, 2.24) is 27.4 Å². The second-order valence-electron chi connectivity index (χ2n) is 14.9. The number of alkyl halides is 18. The third-order valence-corrected chi connectivity index (χ3v) is 12.7. The first kappa shape index (κ1) is 53.8. The number of nitrogens with zero attached hydrogens (tertiary/aromatic N) is 6. The van der Waals surface area contributed by atoms with Gasteiger partial charge >= 0.3 is 416 Å². The van der Waals surface area contributed by atoms with Crippen molar-refractivity contribution in [1.29, 1.82) is 0 Å². The summed E-state index contributed by atoms with van der Waals surface area (Å²) in [4.78, 5) is 0. The Kier molecular flexibility index (Phi) is 14.6. The SMILES string of the molecule is FC(F)(F)c1ccc(-n2c(=[Se])n(C(F)(F)F)c3ccccc32)cc1.FC(F)(F)c1ccc(-n2c(=[Se])n(C(F)(F)F)c3ccccc32)cc1.FC(F)(F)c1ccc(-n2c(=[Se])n(C(F)(F)F)c3ccccc32)cc1. The fourth-order valence-corrected chi connectivity index (χ4v) is 9.88. The summed E-state index contributed by atoms with van der Waals surface area (Å²) in [5.41, 5.74) is -1.65. The molecule has 0 radical (unpaired) electrons. The van der Waals surface area contributed by atoms with E-state index >= 15 is 0 Å². The van der Waals surface area contributed by atoms with Gasteiger partial charge in [-0.05, 0) is 0 Å². The molecule has 0 bridgehead atoms. The molecule has 378 valence electrons. The molecule has 0 aliphatic carbocycles. The molecule has 0 fully saturated rings. The Labute approximate surface area is 414 Å². The van der Waals surface area contributed by atoms with Crippen LogP contribution in [0.25, 0.3) is 50.2 Å². The molecule has 0 spiro atoms. The predicted molar refractivity (Wildman–Crippen MR) is 230 cm³/mol. The molecule has 0 unspecified atom stereocenters. The van der Waals surface area contributed by atoms with E-state index in [-0.39, 0.29) is 76.8 Å². The number of halogens is 18. The fraction of sp³-hybridized carbons (Fsp3) is 0.133. The fourth-order valence-electron chi connectivity index (χ4n) is 7.33. The summed E-state index contributed by atoms with van der Waals surface area (Å²) in [5, 5.41) is 0. The molecule has 0 saturated heterocycles. The first-order valence-electron chi connectivity index (χ1n) is 19.7. The average molecular weight is 1230 g/mol. The number of imidazole rings is 3. The summed E-state index contributed by atoms with van der Waals surface area (Å²) in [6.45, 7) is 0. The molecular weight excluding hydrogens is 1200 g/mol. The molecule has 3 aromatic heterocycles. The van der Waals surface area contributed by atoms with Crippen molar-refractivity contribution in [2.24, 2.45) is 0 Å². The normalized spacial score (nSPS) is 12.8. The molecule has 0 saturated carbocycles. The second kappa shape index (κ2) is 19.5. The zero-order valence-corrected chi connectivity index (χ0v) is 40.2. The van der Waals surface area contributed by atoms with Gasteiger partial charge in [0.15, 0.2) is 0 Å². The summed E-state index contributed by atoms with van der Waals surface area (Å²) in [6.07, 6.45) is -27.5. The minimum atomic E-state index is -4.67. The number of fused-ring (bicyclic) bond motifs is 3. The van der Waals surface area contributed by atoms with Crippen LogP contribution in [0.15, 0.2) is 146 Å². The van der Waals surface area contributed by atoms with Gasteiger partial charge in [0.2, 0.25) is 0 Å². The number of para-hydroxylation sites is 6. The van der Waals surface area contributed by atoms with Crippen LogP contribution in [0.5, 0.6) is 0 Å². The Balaban J connectivity index is 0.000000158. The number of benzene rings is 6. The molecule has 9 aromatic rings. The van der Waals surface area contributed by atoms with Gasteiger partial charge in [0, 0.05) is 0 Å². The molecule has 0 aliphatic heterocycles. The van der Waals surface area contributed by atoms with Crippen molar-refractivity contribution in [3.05, 3.63) is 175 Å². The van der Waals surface area contributed by atoms with Crippen molar-refractivity contribution >= 4 is 79.8 Å². The van der Waals surface area contributed by atoms with Gasteiger partial charge in [-0.2, -0.15) is 0 Å². The number of aromatic nitrogens is 6. The Morgan fingerprint density at radius 1 is 0.250 bits per heavy atom. The van der Waals surface area contributed by atoms with E-state index in [1.165, 1.54) is 68.3 Å². The predicted octanol–water partition coefficient (Wildman–Crippen LogP) is 13.9. The maximum absolute atomic E-state index is 13.3. The Hall–Kier alpha value is -5.97. The molecule has 0 aliphatic rings. The van der Waals surface area contributed by atoms with E-state index in [1.54, 1.807) is 18.2 Å². The maximum atomic E-state index is 13.3. The molecule has 6 aromatic carbocycles. The number of hydrogen-bond acceptors (Lipinski definition) is 0.